The molecule has 0 saturated heterocycles. The van der Waals surface area contributed by atoms with E-state index in [1.165, 1.54) is 18.3 Å². The van der Waals surface area contributed by atoms with Crippen LogP contribution in [0.3, 0.4) is 0 Å². The van der Waals surface area contributed by atoms with Gasteiger partial charge in [0.25, 0.3) is 0 Å². The lowest BCUT2D eigenvalue weighted by molar-refractivity contribution is -0.116. The Balaban J connectivity index is 1.75. The van der Waals surface area contributed by atoms with Gasteiger partial charge in [0.1, 0.15) is 23.1 Å². The van der Waals surface area contributed by atoms with E-state index in [-0.39, 0.29) is 17.9 Å². The van der Waals surface area contributed by atoms with Crippen molar-refractivity contribution in [2.45, 2.75) is 38.6 Å². The second-order valence-corrected chi connectivity index (χ2v) is 7.44. The van der Waals surface area contributed by atoms with Crippen LogP contribution >= 0.6 is 11.3 Å². The highest BCUT2D eigenvalue weighted by molar-refractivity contribution is 7.16. The Bertz CT molecular complexity index is 895. The largest absolute Gasteiger partial charge is 0.465 e. The monoisotopic (exact) mass is 373 g/mol. The number of nitrogens with zero attached hydrogens (tertiary/aromatic N) is 2. The molecule has 0 bridgehead atoms. The molecular weight excluding hydrogens is 354 g/mol. The molecule has 136 valence electrons. The summed E-state index contributed by atoms with van der Waals surface area (Å²) >= 11 is 1.55. The van der Waals surface area contributed by atoms with Crippen molar-refractivity contribution in [3.63, 3.8) is 0 Å². The molecule has 26 heavy (non-hydrogen) atoms. The molecule has 9 heteroatoms. The number of thiophene rings is 1. The van der Waals surface area contributed by atoms with Crippen LogP contribution in [0.4, 0.5) is 22.3 Å². The van der Waals surface area contributed by atoms with Gasteiger partial charge in [0, 0.05) is 4.88 Å². The van der Waals surface area contributed by atoms with E-state index in [1.807, 2.05) is 0 Å². The van der Waals surface area contributed by atoms with Crippen LogP contribution in [-0.4, -0.2) is 35.0 Å². The standard InChI is InChI=1S/C17H19N5O3S/c1-8-15(23)21-12-13(20-8)18-7-19-14(12)22-16-11(17(24)25-2)9-5-3-4-6-10(9)26-16/h7-8H,3-6H2,1-2H3,(H,21,23)(H2,18,19,20,22). The van der Waals surface area contributed by atoms with Gasteiger partial charge in [-0.2, -0.15) is 0 Å². The predicted molar refractivity (Wildman–Crippen MR) is 99.3 cm³/mol. The zero-order valence-electron chi connectivity index (χ0n) is 14.5. The van der Waals surface area contributed by atoms with Crippen molar-refractivity contribution in [2.75, 3.05) is 23.1 Å². The van der Waals surface area contributed by atoms with E-state index < -0.39 is 0 Å². The van der Waals surface area contributed by atoms with E-state index in [2.05, 4.69) is 25.9 Å². The van der Waals surface area contributed by atoms with E-state index in [4.69, 9.17) is 4.74 Å². The lowest BCUT2D eigenvalue weighted by Crippen LogP contribution is -2.37. The van der Waals surface area contributed by atoms with Crippen molar-refractivity contribution in [1.29, 1.82) is 0 Å². The van der Waals surface area contributed by atoms with Crippen molar-refractivity contribution >= 4 is 45.5 Å². The summed E-state index contributed by atoms with van der Waals surface area (Å²) in [5.74, 6) is 0.488. The zero-order chi connectivity index (χ0) is 18.3. The molecular formula is C17H19N5O3S. The summed E-state index contributed by atoms with van der Waals surface area (Å²) in [7, 11) is 1.39. The fourth-order valence-electron chi connectivity index (χ4n) is 3.29. The second-order valence-electron chi connectivity index (χ2n) is 6.33. The average molecular weight is 373 g/mol. The van der Waals surface area contributed by atoms with Crippen LogP contribution in [0, 0.1) is 0 Å². The molecule has 0 saturated carbocycles. The maximum absolute atomic E-state index is 12.4. The molecule has 2 aliphatic rings. The fourth-order valence-corrected chi connectivity index (χ4v) is 4.57. The summed E-state index contributed by atoms with van der Waals surface area (Å²) in [6.45, 7) is 1.76. The summed E-state index contributed by atoms with van der Waals surface area (Å²) in [5.41, 5.74) is 2.12. The molecule has 3 heterocycles. The third-order valence-electron chi connectivity index (χ3n) is 4.63. The number of hydrogen-bond acceptors (Lipinski definition) is 8. The molecule has 0 spiro atoms. The number of rotatable bonds is 3. The Labute approximate surface area is 154 Å². The van der Waals surface area contributed by atoms with Crippen LogP contribution in [0.5, 0.6) is 0 Å². The molecule has 0 aromatic carbocycles. The van der Waals surface area contributed by atoms with Crippen LogP contribution in [0.2, 0.25) is 0 Å². The predicted octanol–water partition coefficient (Wildman–Crippen LogP) is 2.70. The van der Waals surface area contributed by atoms with Crippen LogP contribution in [0.1, 0.15) is 40.6 Å². The van der Waals surface area contributed by atoms with E-state index in [9.17, 15) is 9.59 Å². The number of methoxy groups -OCH3 is 1. The fraction of sp³-hybridized carbons (Fsp3) is 0.412. The average Bonchev–Trinajstić information content (AvgIpc) is 3.00. The third-order valence-corrected chi connectivity index (χ3v) is 5.84. The number of esters is 1. The van der Waals surface area contributed by atoms with Gasteiger partial charge in [-0.15, -0.1) is 11.3 Å². The maximum atomic E-state index is 12.4. The topological polar surface area (TPSA) is 105 Å². The highest BCUT2D eigenvalue weighted by Gasteiger charge is 2.29. The first kappa shape index (κ1) is 16.8. The molecule has 0 fully saturated rings. The van der Waals surface area contributed by atoms with Crippen molar-refractivity contribution in [2.24, 2.45) is 0 Å². The first-order valence-electron chi connectivity index (χ1n) is 8.50. The molecule has 4 rings (SSSR count). The van der Waals surface area contributed by atoms with Gasteiger partial charge >= 0.3 is 5.97 Å². The minimum absolute atomic E-state index is 0.158. The molecule has 1 unspecified atom stereocenters. The van der Waals surface area contributed by atoms with Crippen LogP contribution in [0.15, 0.2) is 6.33 Å². The Kier molecular flexibility index (Phi) is 4.23. The number of fused-ring (bicyclic) bond motifs is 2. The minimum Gasteiger partial charge on any atom is -0.465 e. The quantitative estimate of drug-likeness (QED) is 0.710. The molecule has 1 amide bonds. The molecule has 1 aliphatic carbocycles. The van der Waals surface area contributed by atoms with Gasteiger partial charge in [-0.25, -0.2) is 14.8 Å². The van der Waals surface area contributed by atoms with E-state index in [1.54, 1.807) is 18.3 Å². The van der Waals surface area contributed by atoms with Gasteiger partial charge in [0.2, 0.25) is 5.91 Å². The van der Waals surface area contributed by atoms with Crippen LogP contribution < -0.4 is 16.0 Å². The maximum Gasteiger partial charge on any atom is 0.341 e. The Hall–Kier alpha value is -2.68. The molecule has 0 radical (unpaired) electrons. The van der Waals surface area contributed by atoms with Gasteiger partial charge < -0.3 is 20.7 Å². The van der Waals surface area contributed by atoms with Gasteiger partial charge in [-0.05, 0) is 38.2 Å². The van der Waals surface area contributed by atoms with Crippen molar-refractivity contribution in [1.82, 2.24) is 9.97 Å². The number of hydrogen-bond donors (Lipinski definition) is 3. The van der Waals surface area contributed by atoms with Gasteiger partial charge in [0.05, 0.1) is 12.7 Å². The number of nitrogens with one attached hydrogen (secondary N) is 3. The molecule has 2 aromatic heterocycles. The van der Waals surface area contributed by atoms with Crippen molar-refractivity contribution in [3.05, 3.63) is 22.3 Å². The Morgan fingerprint density at radius 1 is 1.35 bits per heavy atom. The number of carbonyl (C=O) groups is 2. The third kappa shape index (κ3) is 2.78. The van der Waals surface area contributed by atoms with E-state index in [0.29, 0.717) is 27.9 Å². The Morgan fingerprint density at radius 3 is 2.96 bits per heavy atom. The van der Waals surface area contributed by atoms with Crippen LogP contribution in [0.25, 0.3) is 0 Å². The Morgan fingerprint density at radius 2 is 2.15 bits per heavy atom. The van der Waals surface area contributed by atoms with Crippen molar-refractivity contribution in [3.8, 4) is 0 Å². The molecule has 1 atom stereocenters. The van der Waals surface area contributed by atoms with Crippen LogP contribution in [-0.2, 0) is 22.4 Å². The molecule has 2 aromatic rings. The molecule has 1 aliphatic heterocycles. The SMILES string of the molecule is COC(=O)c1c(Nc2ncnc3c2NC(=O)C(C)N3)sc2c1CCCC2. The molecule has 3 N–H and O–H groups in total. The minimum atomic E-state index is -0.370. The number of anilines is 4. The normalized spacial score (nSPS) is 18.2. The number of amides is 1. The van der Waals surface area contributed by atoms with Crippen molar-refractivity contribution < 1.29 is 14.3 Å². The molecule has 8 nitrogen and oxygen atoms in total. The number of aryl methyl sites for hydroxylation is 1. The first-order valence-corrected chi connectivity index (χ1v) is 9.32. The smallest absolute Gasteiger partial charge is 0.341 e. The zero-order valence-corrected chi connectivity index (χ0v) is 15.3. The first-order chi connectivity index (χ1) is 12.6. The highest BCUT2D eigenvalue weighted by atomic mass is 32.1. The van der Waals surface area contributed by atoms with Gasteiger partial charge in [-0.3, -0.25) is 4.79 Å². The lowest BCUT2D eigenvalue weighted by Gasteiger charge is -2.24. The summed E-state index contributed by atoms with van der Waals surface area (Å²) in [5, 5.41) is 9.78. The lowest BCUT2D eigenvalue weighted by atomic mass is 9.95. The number of aromatic nitrogens is 2. The summed E-state index contributed by atoms with van der Waals surface area (Å²) in [4.78, 5) is 34.0. The summed E-state index contributed by atoms with van der Waals surface area (Å²) in [6.07, 6.45) is 5.44. The number of carbonyl (C=O) groups excluding carboxylic acids is 2. The van der Waals surface area contributed by atoms with E-state index >= 15 is 0 Å². The summed E-state index contributed by atoms with van der Waals surface area (Å²) in [6, 6.07) is -0.370. The number of ether oxygens (including phenoxy) is 1. The van der Waals surface area contributed by atoms with E-state index in [0.717, 1.165) is 31.2 Å². The summed E-state index contributed by atoms with van der Waals surface area (Å²) < 4.78 is 5.00. The second kappa shape index (κ2) is 6.56. The highest BCUT2D eigenvalue weighted by Crippen LogP contribution is 2.41. The van der Waals surface area contributed by atoms with Gasteiger partial charge in [-0.1, -0.05) is 0 Å². The van der Waals surface area contributed by atoms with Gasteiger partial charge in [0.15, 0.2) is 11.6 Å².